The smallest absolute Gasteiger partial charge is 0.143 e. The van der Waals surface area contributed by atoms with E-state index in [1.54, 1.807) is 7.11 Å². The molecule has 0 saturated carbocycles. The zero-order valence-electron chi connectivity index (χ0n) is 17.0. The Kier molecular flexibility index (Phi) is 6.95. The van der Waals surface area contributed by atoms with Crippen LogP contribution in [0.2, 0.25) is 0 Å². The molecule has 0 bridgehead atoms. The van der Waals surface area contributed by atoms with E-state index in [4.69, 9.17) is 4.74 Å². The van der Waals surface area contributed by atoms with Gasteiger partial charge in [0.25, 0.3) is 0 Å². The maximum Gasteiger partial charge on any atom is 0.143 e. The molecule has 0 aliphatic carbocycles. The predicted octanol–water partition coefficient (Wildman–Crippen LogP) is 5.11. The molecule has 27 heavy (non-hydrogen) atoms. The maximum atomic E-state index is 13.1. The van der Waals surface area contributed by atoms with Gasteiger partial charge in [0.15, 0.2) is 0 Å². The number of benzene rings is 2. The number of ketones is 1. The number of methoxy groups -OCH3 is 1. The first-order valence-corrected chi connectivity index (χ1v) is 9.47. The molecule has 0 amide bonds. The molecule has 2 atom stereocenters. The number of carbonyl (C=O) groups is 2. The van der Waals surface area contributed by atoms with Gasteiger partial charge in [-0.2, -0.15) is 0 Å². The molecule has 3 heteroatoms. The summed E-state index contributed by atoms with van der Waals surface area (Å²) in [6.07, 6.45) is 1.72. The molecule has 0 fully saturated rings. The summed E-state index contributed by atoms with van der Waals surface area (Å²) in [6.45, 7) is 8.42. The Labute approximate surface area is 162 Å². The monoisotopic (exact) mass is 366 g/mol. The number of carbonyl (C=O) groups excluding carboxylic acids is 2. The van der Waals surface area contributed by atoms with Gasteiger partial charge < -0.3 is 9.53 Å². The van der Waals surface area contributed by atoms with Crippen molar-refractivity contribution >= 4 is 12.1 Å². The van der Waals surface area contributed by atoms with Crippen molar-refractivity contribution in [1.82, 2.24) is 0 Å². The fourth-order valence-electron chi connectivity index (χ4n) is 3.29. The van der Waals surface area contributed by atoms with Crippen LogP contribution in [0.3, 0.4) is 0 Å². The molecule has 144 valence electrons. The van der Waals surface area contributed by atoms with Crippen molar-refractivity contribution in [3.8, 4) is 5.75 Å². The zero-order valence-corrected chi connectivity index (χ0v) is 17.0. The highest BCUT2D eigenvalue weighted by Gasteiger charge is 2.26. The fourth-order valence-corrected chi connectivity index (χ4v) is 3.29. The van der Waals surface area contributed by atoms with Crippen LogP contribution in [0.15, 0.2) is 48.5 Å². The Morgan fingerprint density at radius 2 is 1.63 bits per heavy atom. The van der Waals surface area contributed by atoms with Crippen LogP contribution >= 0.6 is 0 Å². The van der Waals surface area contributed by atoms with E-state index in [2.05, 4.69) is 32.9 Å². The van der Waals surface area contributed by atoms with Crippen molar-refractivity contribution in [2.24, 2.45) is 5.92 Å². The summed E-state index contributed by atoms with van der Waals surface area (Å²) in [5.41, 5.74) is 3.28. The Morgan fingerprint density at radius 1 is 1.04 bits per heavy atom. The lowest BCUT2D eigenvalue weighted by Gasteiger charge is -2.22. The third-order valence-corrected chi connectivity index (χ3v) is 5.04. The Bertz CT molecular complexity index is 752. The van der Waals surface area contributed by atoms with Crippen LogP contribution in [0.1, 0.15) is 56.7 Å². The van der Waals surface area contributed by atoms with Gasteiger partial charge in [0.1, 0.15) is 17.8 Å². The van der Waals surface area contributed by atoms with E-state index in [1.165, 1.54) is 5.56 Å². The number of hydrogen-bond donors (Lipinski definition) is 0. The lowest BCUT2D eigenvalue weighted by molar-refractivity contribution is -0.125. The van der Waals surface area contributed by atoms with Gasteiger partial charge in [-0.15, -0.1) is 0 Å². The molecule has 3 nitrogen and oxygen atoms in total. The second kappa shape index (κ2) is 8.98. The summed E-state index contributed by atoms with van der Waals surface area (Å²) in [5.74, 6) is 0.368. The molecule has 0 N–H and O–H groups in total. The van der Waals surface area contributed by atoms with E-state index in [-0.39, 0.29) is 29.5 Å². The minimum atomic E-state index is -0.384. The highest BCUT2D eigenvalue weighted by Crippen LogP contribution is 2.28. The largest absolute Gasteiger partial charge is 0.497 e. The van der Waals surface area contributed by atoms with Gasteiger partial charge in [-0.1, -0.05) is 64.1 Å². The van der Waals surface area contributed by atoms with Crippen molar-refractivity contribution in [1.29, 1.82) is 0 Å². The van der Waals surface area contributed by atoms with E-state index in [0.717, 1.165) is 23.2 Å². The van der Waals surface area contributed by atoms with Gasteiger partial charge in [-0.05, 0) is 40.7 Å². The first-order chi connectivity index (χ1) is 12.8. The summed E-state index contributed by atoms with van der Waals surface area (Å²) in [7, 11) is 1.64. The normalized spacial score (nSPS) is 13.7. The van der Waals surface area contributed by atoms with Crippen molar-refractivity contribution in [2.45, 2.75) is 51.9 Å². The third kappa shape index (κ3) is 5.53. The van der Waals surface area contributed by atoms with Crippen LogP contribution in [-0.2, 0) is 21.4 Å². The van der Waals surface area contributed by atoms with Gasteiger partial charge in [0, 0.05) is 18.3 Å². The number of hydrogen-bond acceptors (Lipinski definition) is 3. The summed E-state index contributed by atoms with van der Waals surface area (Å²) < 4.78 is 5.18. The van der Waals surface area contributed by atoms with Gasteiger partial charge in [0.2, 0.25) is 0 Å². The molecule has 0 aliphatic heterocycles. The van der Waals surface area contributed by atoms with Gasteiger partial charge in [-0.25, -0.2) is 0 Å². The van der Waals surface area contributed by atoms with E-state index in [0.29, 0.717) is 6.42 Å². The maximum absolute atomic E-state index is 13.1. The second-order valence-corrected chi connectivity index (χ2v) is 8.18. The summed E-state index contributed by atoms with van der Waals surface area (Å²) in [4.78, 5) is 24.3. The Balaban J connectivity index is 2.16. The first kappa shape index (κ1) is 20.9. The first-order valence-electron chi connectivity index (χ1n) is 9.47. The van der Waals surface area contributed by atoms with E-state index >= 15 is 0 Å². The minimum Gasteiger partial charge on any atom is -0.497 e. The lowest BCUT2D eigenvalue weighted by atomic mass is 9.81. The number of ether oxygens (including phenoxy) is 1. The van der Waals surface area contributed by atoms with Crippen LogP contribution in [0.4, 0.5) is 0 Å². The summed E-state index contributed by atoms with van der Waals surface area (Å²) in [6, 6.07) is 15.9. The molecule has 0 heterocycles. The summed E-state index contributed by atoms with van der Waals surface area (Å²) in [5, 5.41) is 0. The fraction of sp³-hybridized carbons (Fsp3) is 0.417. The molecule has 0 radical (unpaired) electrons. The van der Waals surface area contributed by atoms with Gasteiger partial charge >= 0.3 is 0 Å². The van der Waals surface area contributed by atoms with Crippen molar-refractivity contribution in [3.63, 3.8) is 0 Å². The number of aldehydes is 1. The van der Waals surface area contributed by atoms with Crippen molar-refractivity contribution in [3.05, 3.63) is 65.2 Å². The molecule has 2 rings (SSSR count). The molecule has 2 aromatic carbocycles. The van der Waals surface area contributed by atoms with E-state index in [9.17, 15) is 9.59 Å². The Hall–Kier alpha value is -2.42. The molecule has 0 aliphatic rings. The highest BCUT2D eigenvalue weighted by atomic mass is 16.5. The summed E-state index contributed by atoms with van der Waals surface area (Å²) >= 11 is 0. The van der Waals surface area contributed by atoms with Crippen molar-refractivity contribution in [2.75, 3.05) is 7.11 Å². The highest BCUT2D eigenvalue weighted by molar-refractivity contribution is 5.89. The molecule has 2 unspecified atom stereocenters. The molecule has 0 saturated heterocycles. The number of rotatable bonds is 8. The topological polar surface area (TPSA) is 43.4 Å². The van der Waals surface area contributed by atoms with Crippen LogP contribution in [-0.4, -0.2) is 19.2 Å². The standard InChI is InChI=1S/C24H30O3/c1-17(16-18-6-12-21(27-5)13-7-18)23(26)22(14-15-25)19-8-10-20(11-9-19)24(2,3)4/h6-13,15,17,22H,14,16H2,1-5H3. The molecular weight excluding hydrogens is 336 g/mol. The Morgan fingerprint density at radius 3 is 2.11 bits per heavy atom. The van der Waals surface area contributed by atoms with Crippen LogP contribution < -0.4 is 4.74 Å². The van der Waals surface area contributed by atoms with E-state index < -0.39 is 0 Å². The number of Topliss-reactive ketones (excluding diaryl/α,β-unsaturated/α-hetero) is 1. The molecule has 0 aromatic heterocycles. The average molecular weight is 367 g/mol. The molecular formula is C24H30O3. The van der Waals surface area contributed by atoms with Crippen LogP contribution in [0.5, 0.6) is 5.75 Å². The minimum absolute atomic E-state index is 0.0599. The molecule has 0 spiro atoms. The van der Waals surface area contributed by atoms with Crippen LogP contribution in [0, 0.1) is 5.92 Å². The van der Waals surface area contributed by atoms with Gasteiger partial charge in [0.05, 0.1) is 7.11 Å². The SMILES string of the molecule is COc1ccc(CC(C)C(=O)C(CC=O)c2ccc(C(C)(C)C)cc2)cc1. The lowest BCUT2D eigenvalue weighted by Crippen LogP contribution is -2.22. The van der Waals surface area contributed by atoms with Crippen molar-refractivity contribution < 1.29 is 14.3 Å². The second-order valence-electron chi connectivity index (χ2n) is 8.18. The third-order valence-electron chi connectivity index (χ3n) is 5.04. The predicted molar refractivity (Wildman–Crippen MR) is 109 cm³/mol. The zero-order chi connectivity index (χ0) is 20.0. The van der Waals surface area contributed by atoms with Crippen LogP contribution in [0.25, 0.3) is 0 Å². The van der Waals surface area contributed by atoms with E-state index in [1.807, 2.05) is 43.3 Å². The quantitative estimate of drug-likeness (QED) is 0.610. The molecule has 2 aromatic rings. The van der Waals surface area contributed by atoms with Gasteiger partial charge in [-0.3, -0.25) is 4.79 Å². The average Bonchev–Trinajstić information content (AvgIpc) is 2.65.